The number of amides is 2. The van der Waals surface area contributed by atoms with Crippen LogP contribution in [0.5, 0.6) is 5.88 Å². The van der Waals surface area contributed by atoms with Gasteiger partial charge < -0.3 is 4.74 Å². The number of hydrogen-bond acceptors (Lipinski definition) is 4. The SMILES string of the molecule is CCc1c(CCN2C(=O)c3ccccc3C2=O)cc2ccnc(OC)c2c1Cl. The van der Waals surface area contributed by atoms with Crippen molar-refractivity contribution in [1.29, 1.82) is 0 Å². The Hall–Kier alpha value is -2.92. The maximum absolute atomic E-state index is 12.6. The van der Waals surface area contributed by atoms with Crippen LogP contribution in [0.25, 0.3) is 10.8 Å². The van der Waals surface area contributed by atoms with Gasteiger partial charge in [-0.1, -0.05) is 36.7 Å². The number of benzene rings is 2. The van der Waals surface area contributed by atoms with Crippen LogP contribution in [0.15, 0.2) is 42.6 Å². The first kappa shape index (κ1) is 18.4. The van der Waals surface area contributed by atoms with Crippen LogP contribution in [0.1, 0.15) is 38.8 Å². The zero-order valence-electron chi connectivity index (χ0n) is 15.7. The molecule has 1 aliphatic rings. The fourth-order valence-electron chi connectivity index (χ4n) is 3.80. The van der Waals surface area contributed by atoms with Crippen molar-refractivity contribution < 1.29 is 14.3 Å². The topological polar surface area (TPSA) is 59.5 Å². The third-order valence-electron chi connectivity index (χ3n) is 5.18. The van der Waals surface area contributed by atoms with Crippen molar-refractivity contribution in [2.75, 3.05) is 13.7 Å². The molecule has 0 atom stereocenters. The molecule has 6 heteroatoms. The van der Waals surface area contributed by atoms with E-state index < -0.39 is 0 Å². The monoisotopic (exact) mass is 394 g/mol. The molecule has 4 rings (SSSR count). The molecule has 0 saturated carbocycles. The molecule has 0 bridgehead atoms. The first-order valence-electron chi connectivity index (χ1n) is 9.15. The molecule has 0 aliphatic carbocycles. The van der Waals surface area contributed by atoms with Crippen LogP contribution in [0.3, 0.4) is 0 Å². The van der Waals surface area contributed by atoms with Gasteiger partial charge in [0.25, 0.3) is 11.8 Å². The van der Waals surface area contributed by atoms with Crippen molar-refractivity contribution >= 4 is 34.2 Å². The van der Waals surface area contributed by atoms with E-state index >= 15 is 0 Å². The number of rotatable bonds is 5. The van der Waals surface area contributed by atoms with E-state index in [2.05, 4.69) is 4.98 Å². The van der Waals surface area contributed by atoms with Gasteiger partial charge in [0.2, 0.25) is 5.88 Å². The lowest BCUT2D eigenvalue weighted by Gasteiger charge is -2.18. The Labute approximate surface area is 167 Å². The number of imide groups is 1. The van der Waals surface area contributed by atoms with Crippen molar-refractivity contribution in [3.63, 3.8) is 0 Å². The zero-order chi connectivity index (χ0) is 19.8. The lowest BCUT2D eigenvalue weighted by molar-refractivity contribution is 0.0656. The number of fused-ring (bicyclic) bond motifs is 2. The average molecular weight is 395 g/mol. The summed E-state index contributed by atoms with van der Waals surface area (Å²) in [5.41, 5.74) is 2.94. The first-order valence-corrected chi connectivity index (χ1v) is 9.52. The van der Waals surface area contributed by atoms with E-state index in [0.29, 0.717) is 35.0 Å². The first-order chi connectivity index (χ1) is 13.6. The third-order valence-corrected chi connectivity index (χ3v) is 5.60. The van der Waals surface area contributed by atoms with Crippen molar-refractivity contribution in [1.82, 2.24) is 9.88 Å². The van der Waals surface area contributed by atoms with Crippen LogP contribution in [0, 0.1) is 0 Å². The van der Waals surface area contributed by atoms with Crippen LogP contribution in [0.2, 0.25) is 5.02 Å². The smallest absolute Gasteiger partial charge is 0.261 e. The van der Waals surface area contributed by atoms with E-state index in [1.54, 1.807) is 37.6 Å². The van der Waals surface area contributed by atoms with Gasteiger partial charge in [-0.3, -0.25) is 14.5 Å². The van der Waals surface area contributed by atoms with E-state index in [1.165, 1.54) is 4.90 Å². The van der Waals surface area contributed by atoms with Gasteiger partial charge in [-0.05, 0) is 47.6 Å². The van der Waals surface area contributed by atoms with Crippen LogP contribution in [-0.4, -0.2) is 35.4 Å². The normalized spacial score (nSPS) is 13.3. The highest BCUT2D eigenvalue weighted by molar-refractivity contribution is 6.37. The van der Waals surface area contributed by atoms with Crippen molar-refractivity contribution in [3.8, 4) is 5.88 Å². The minimum absolute atomic E-state index is 0.239. The minimum atomic E-state index is -0.239. The van der Waals surface area contributed by atoms with Crippen molar-refractivity contribution in [3.05, 3.63) is 69.9 Å². The van der Waals surface area contributed by atoms with Gasteiger partial charge in [0.1, 0.15) is 0 Å². The second-order valence-electron chi connectivity index (χ2n) is 6.66. The van der Waals surface area contributed by atoms with Crippen LogP contribution in [-0.2, 0) is 12.8 Å². The lowest BCUT2D eigenvalue weighted by Crippen LogP contribution is -2.31. The Morgan fingerprint density at radius 3 is 2.39 bits per heavy atom. The van der Waals surface area contributed by atoms with E-state index in [0.717, 1.165) is 28.3 Å². The molecule has 1 aromatic heterocycles. The van der Waals surface area contributed by atoms with Gasteiger partial charge in [-0.25, -0.2) is 4.98 Å². The fourth-order valence-corrected chi connectivity index (χ4v) is 4.24. The number of hydrogen-bond donors (Lipinski definition) is 0. The summed E-state index contributed by atoms with van der Waals surface area (Å²) in [7, 11) is 1.57. The molecule has 0 saturated heterocycles. The Balaban J connectivity index is 1.68. The standard InChI is InChI=1S/C22H19ClN2O3/c1-3-15-13(12-14-8-10-24-20(28-2)18(14)19(15)23)9-11-25-21(26)16-6-4-5-7-17(16)22(25)27/h4-8,10,12H,3,9,11H2,1-2H3. The minimum Gasteiger partial charge on any atom is -0.481 e. The highest BCUT2D eigenvalue weighted by Gasteiger charge is 2.34. The summed E-state index contributed by atoms with van der Waals surface area (Å²) in [6, 6.07) is 10.9. The molecular formula is C22H19ClN2O3. The van der Waals surface area contributed by atoms with Crippen molar-refractivity contribution in [2.24, 2.45) is 0 Å². The van der Waals surface area contributed by atoms with E-state index in [9.17, 15) is 9.59 Å². The number of carbonyl (C=O) groups excluding carboxylic acids is 2. The molecule has 0 spiro atoms. The van der Waals surface area contributed by atoms with E-state index in [1.807, 2.05) is 19.1 Å². The molecule has 142 valence electrons. The number of nitrogens with zero attached hydrogens (tertiary/aromatic N) is 2. The second kappa shape index (κ2) is 7.24. The Kier molecular flexibility index (Phi) is 4.77. The molecule has 2 aromatic carbocycles. The van der Waals surface area contributed by atoms with Gasteiger partial charge in [-0.2, -0.15) is 0 Å². The molecule has 5 nitrogen and oxygen atoms in total. The molecule has 1 aliphatic heterocycles. The summed E-state index contributed by atoms with van der Waals surface area (Å²) < 4.78 is 5.36. The number of halogens is 1. The maximum atomic E-state index is 12.6. The Bertz CT molecular complexity index is 1080. The molecular weight excluding hydrogens is 376 g/mol. The fraction of sp³-hybridized carbons (Fsp3) is 0.227. The number of pyridine rings is 1. The molecule has 0 fully saturated rings. The number of methoxy groups -OCH3 is 1. The number of ether oxygens (including phenoxy) is 1. The van der Waals surface area contributed by atoms with Gasteiger partial charge in [0.05, 0.1) is 28.6 Å². The molecule has 0 unspecified atom stereocenters. The van der Waals surface area contributed by atoms with Gasteiger partial charge in [-0.15, -0.1) is 0 Å². The van der Waals surface area contributed by atoms with Crippen molar-refractivity contribution in [2.45, 2.75) is 19.8 Å². The largest absolute Gasteiger partial charge is 0.481 e. The van der Waals surface area contributed by atoms with Crippen LogP contribution < -0.4 is 4.74 Å². The highest BCUT2D eigenvalue weighted by atomic mass is 35.5. The van der Waals surface area contributed by atoms with E-state index in [-0.39, 0.29) is 11.8 Å². The van der Waals surface area contributed by atoms with Gasteiger partial charge >= 0.3 is 0 Å². The predicted molar refractivity (Wildman–Crippen MR) is 108 cm³/mol. The van der Waals surface area contributed by atoms with E-state index in [4.69, 9.17) is 16.3 Å². The Morgan fingerprint density at radius 1 is 1.11 bits per heavy atom. The molecule has 0 N–H and O–H groups in total. The van der Waals surface area contributed by atoms with Gasteiger partial charge in [0.15, 0.2) is 0 Å². The zero-order valence-corrected chi connectivity index (χ0v) is 16.4. The second-order valence-corrected chi connectivity index (χ2v) is 7.04. The molecule has 3 aromatic rings. The van der Waals surface area contributed by atoms with Gasteiger partial charge in [0, 0.05) is 12.7 Å². The highest BCUT2D eigenvalue weighted by Crippen LogP contribution is 2.36. The summed E-state index contributed by atoms with van der Waals surface area (Å²) in [6.07, 6.45) is 2.94. The predicted octanol–water partition coefficient (Wildman–Crippen LogP) is 4.30. The Morgan fingerprint density at radius 2 is 1.79 bits per heavy atom. The summed E-state index contributed by atoms with van der Waals surface area (Å²) in [5.74, 6) is 0.0110. The average Bonchev–Trinajstić information content (AvgIpc) is 2.96. The lowest BCUT2D eigenvalue weighted by atomic mass is 9.97. The molecule has 2 amide bonds. The van der Waals surface area contributed by atoms with Crippen LogP contribution >= 0.6 is 11.6 Å². The number of aromatic nitrogens is 1. The maximum Gasteiger partial charge on any atom is 0.261 e. The molecule has 28 heavy (non-hydrogen) atoms. The molecule has 0 radical (unpaired) electrons. The summed E-state index contributed by atoms with van der Waals surface area (Å²) in [5, 5.41) is 2.32. The summed E-state index contributed by atoms with van der Waals surface area (Å²) in [6.45, 7) is 2.34. The number of carbonyl (C=O) groups is 2. The summed E-state index contributed by atoms with van der Waals surface area (Å²) >= 11 is 6.69. The van der Waals surface area contributed by atoms with Crippen LogP contribution in [0.4, 0.5) is 0 Å². The summed E-state index contributed by atoms with van der Waals surface area (Å²) in [4.78, 5) is 30.8. The molecule has 2 heterocycles. The quantitative estimate of drug-likeness (QED) is 0.605. The third kappa shape index (κ3) is 2.83.